The molecule has 2 aromatic rings. The van der Waals surface area contributed by atoms with Gasteiger partial charge >= 0.3 is 6.09 Å². The average molecular weight is 327 g/mol. The van der Waals surface area contributed by atoms with Gasteiger partial charge in [0.2, 0.25) is 0 Å². The van der Waals surface area contributed by atoms with Crippen LogP contribution in [0.15, 0.2) is 48.8 Å². The van der Waals surface area contributed by atoms with Crippen molar-refractivity contribution in [3.8, 4) is 0 Å². The lowest BCUT2D eigenvalue weighted by atomic mass is 10.1. The van der Waals surface area contributed by atoms with Gasteiger partial charge in [0.1, 0.15) is 6.61 Å². The lowest BCUT2D eigenvalue weighted by molar-refractivity contribution is 0.140. The topological polar surface area (TPSA) is 56.2 Å². The summed E-state index contributed by atoms with van der Waals surface area (Å²) in [5.41, 5.74) is 2.01. The summed E-state index contributed by atoms with van der Waals surface area (Å²) in [5, 5.41) is 7.08. The Bertz CT molecular complexity index is 669. The highest BCUT2D eigenvalue weighted by Gasteiger charge is 2.12. The van der Waals surface area contributed by atoms with Gasteiger partial charge in [-0.2, -0.15) is 5.10 Å². The van der Waals surface area contributed by atoms with Gasteiger partial charge in [0.15, 0.2) is 0 Å². The monoisotopic (exact) mass is 327 g/mol. The normalized spacial score (nSPS) is 11.6. The zero-order chi connectivity index (χ0) is 17.4. The Balaban J connectivity index is 1.65. The Morgan fingerprint density at radius 2 is 2.04 bits per heavy atom. The lowest BCUT2D eigenvalue weighted by Crippen LogP contribution is -2.24. The minimum Gasteiger partial charge on any atom is -0.445 e. The fourth-order valence-corrected chi connectivity index (χ4v) is 2.04. The first-order chi connectivity index (χ1) is 11.4. The molecule has 1 N–H and O–H groups in total. The van der Waals surface area contributed by atoms with E-state index in [0.29, 0.717) is 6.54 Å². The second-order valence-corrected chi connectivity index (χ2v) is 6.57. The summed E-state index contributed by atoms with van der Waals surface area (Å²) in [7, 11) is 0. The number of amides is 1. The number of hydrogen-bond donors (Lipinski definition) is 1. The number of benzene rings is 1. The van der Waals surface area contributed by atoms with Gasteiger partial charge in [-0.1, -0.05) is 42.5 Å². The molecule has 0 spiro atoms. The third kappa shape index (κ3) is 5.91. The Labute approximate surface area is 143 Å². The van der Waals surface area contributed by atoms with Crippen molar-refractivity contribution in [2.24, 2.45) is 0 Å². The van der Waals surface area contributed by atoms with E-state index in [1.807, 2.05) is 59.6 Å². The highest BCUT2D eigenvalue weighted by molar-refractivity contribution is 5.67. The van der Waals surface area contributed by atoms with Crippen LogP contribution in [0.1, 0.15) is 38.3 Å². The highest BCUT2D eigenvalue weighted by atomic mass is 16.5. The largest absolute Gasteiger partial charge is 0.445 e. The molecule has 1 aromatic heterocycles. The molecule has 128 valence electrons. The minimum absolute atomic E-state index is 0.0177. The molecule has 0 aliphatic heterocycles. The van der Waals surface area contributed by atoms with Crippen LogP contribution in [0.2, 0.25) is 0 Å². The fraction of sp³-hybridized carbons (Fsp3) is 0.368. The smallest absolute Gasteiger partial charge is 0.407 e. The summed E-state index contributed by atoms with van der Waals surface area (Å²) in [6.07, 6.45) is 8.21. The molecule has 0 aliphatic rings. The number of ether oxygens (including phenoxy) is 1. The van der Waals surface area contributed by atoms with E-state index in [9.17, 15) is 4.79 Å². The molecule has 0 aliphatic carbocycles. The van der Waals surface area contributed by atoms with Gasteiger partial charge in [-0.15, -0.1) is 0 Å². The van der Waals surface area contributed by atoms with Crippen LogP contribution in [-0.2, 0) is 16.9 Å². The number of rotatable bonds is 6. The maximum absolute atomic E-state index is 11.6. The van der Waals surface area contributed by atoms with Gasteiger partial charge in [0.05, 0.1) is 11.7 Å². The molecule has 0 saturated carbocycles. The van der Waals surface area contributed by atoms with Gasteiger partial charge in [0.25, 0.3) is 0 Å². The molecule has 0 fully saturated rings. The van der Waals surface area contributed by atoms with Gasteiger partial charge in [-0.3, -0.25) is 4.68 Å². The van der Waals surface area contributed by atoms with Crippen LogP contribution in [0.25, 0.3) is 6.08 Å². The van der Waals surface area contributed by atoms with Gasteiger partial charge in [-0.05, 0) is 32.8 Å². The molecule has 0 bridgehead atoms. The maximum Gasteiger partial charge on any atom is 0.407 e. The van der Waals surface area contributed by atoms with Crippen molar-refractivity contribution in [1.29, 1.82) is 0 Å². The quantitative estimate of drug-likeness (QED) is 0.817. The van der Waals surface area contributed by atoms with Crippen molar-refractivity contribution in [2.75, 3.05) is 6.54 Å². The minimum atomic E-state index is -0.396. The first-order valence-corrected chi connectivity index (χ1v) is 8.11. The number of nitrogens with zero attached hydrogens (tertiary/aromatic N) is 2. The first kappa shape index (κ1) is 17.8. The zero-order valence-corrected chi connectivity index (χ0v) is 14.5. The number of carbonyl (C=O) groups excluding carboxylic acids is 1. The Morgan fingerprint density at radius 1 is 1.29 bits per heavy atom. The number of alkyl carbamates (subject to hydrolysis) is 1. The molecule has 5 nitrogen and oxygen atoms in total. The predicted molar refractivity (Wildman–Crippen MR) is 95.5 cm³/mol. The van der Waals surface area contributed by atoms with Crippen molar-refractivity contribution >= 4 is 12.2 Å². The summed E-state index contributed by atoms with van der Waals surface area (Å²) < 4.78 is 7.08. The molecule has 5 heteroatoms. The van der Waals surface area contributed by atoms with Crippen LogP contribution in [-0.4, -0.2) is 22.4 Å². The van der Waals surface area contributed by atoms with E-state index >= 15 is 0 Å². The van der Waals surface area contributed by atoms with Crippen LogP contribution < -0.4 is 5.32 Å². The second kappa shape index (κ2) is 8.34. The summed E-state index contributed by atoms with van der Waals surface area (Å²) in [6, 6.07) is 9.62. The van der Waals surface area contributed by atoms with Crippen LogP contribution in [0.5, 0.6) is 0 Å². The van der Waals surface area contributed by atoms with Gasteiger partial charge in [0, 0.05) is 18.3 Å². The molecule has 2 rings (SSSR count). The third-order valence-electron chi connectivity index (χ3n) is 3.39. The van der Waals surface area contributed by atoms with Gasteiger partial charge < -0.3 is 10.1 Å². The molecule has 24 heavy (non-hydrogen) atoms. The fourth-order valence-electron chi connectivity index (χ4n) is 2.04. The van der Waals surface area contributed by atoms with E-state index in [4.69, 9.17) is 4.74 Å². The molecule has 1 heterocycles. The first-order valence-electron chi connectivity index (χ1n) is 8.11. The number of aromatic nitrogens is 2. The highest BCUT2D eigenvalue weighted by Crippen LogP contribution is 2.13. The predicted octanol–water partition coefficient (Wildman–Crippen LogP) is 3.97. The molecular weight excluding hydrogens is 302 g/mol. The van der Waals surface area contributed by atoms with Gasteiger partial charge in [-0.25, -0.2) is 4.79 Å². The molecular formula is C19H25N3O2. The average Bonchev–Trinajstić information content (AvgIpc) is 3.03. The van der Waals surface area contributed by atoms with Crippen LogP contribution in [0.4, 0.5) is 4.79 Å². The van der Waals surface area contributed by atoms with Crippen molar-refractivity contribution in [3.05, 3.63) is 59.9 Å². The van der Waals surface area contributed by atoms with E-state index in [0.717, 1.165) is 17.5 Å². The van der Waals surface area contributed by atoms with Crippen molar-refractivity contribution in [2.45, 2.75) is 39.3 Å². The van der Waals surface area contributed by atoms with Crippen molar-refractivity contribution in [3.63, 3.8) is 0 Å². The van der Waals surface area contributed by atoms with Crippen LogP contribution >= 0.6 is 0 Å². The molecule has 0 unspecified atom stereocenters. The molecule has 0 saturated heterocycles. The van der Waals surface area contributed by atoms with E-state index in [1.165, 1.54) is 0 Å². The number of hydrogen-bond acceptors (Lipinski definition) is 3. The van der Waals surface area contributed by atoms with E-state index in [2.05, 4.69) is 31.2 Å². The van der Waals surface area contributed by atoms with E-state index < -0.39 is 6.09 Å². The standard InChI is InChI=1S/C19H25N3O2/c1-19(2,3)22-14-17(13-21-22)11-7-8-12-20-18(23)24-15-16-9-5-4-6-10-16/h4-7,9-11,13-14H,8,12,15H2,1-3H3,(H,20,23). The lowest BCUT2D eigenvalue weighted by Gasteiger charge is -2.18. The zero-order valence-electron chi connectivity index (χ0n) is 14.5. The molecule has 1 aromatic carbocycles. The Kier molecular flexibility index (Phi) is 6.18. The maximum atomic E-state index is 11.6. The summed E-state index contributed by atoms with van der Waals surface area (Å²) in [5.74, 6) is 0. The SMILES string of the molecule is CC(C)(C)n1cc(C=CCCNC(=O)OCc2ccccc2)cn1. The summed E-state index contributed by atoms with van der Waals surface area (Å²) in [6.45, 7) is 7.15. The number of nitrogens with one attached hydrogen (secondary N) is 1. The number of carbonyl (C=O) groups is 1. The van der Waals surface area contributed by atoms with E-state index in [1.54, 1.807) is 0 Å². The van der Waals surface area contributed by atoms with Crippen LogP contribution in [0.3, 0.4) is 0 Å². The Morgan fingerprint density at radius 3 is 2.71 bits per heavy atom. The van der Waals surface area contributed by atoms with Crippen LogP contribution in [0, 0.1) is 0 Å². The molecule has 1 amide bonds. The molecule has 0 atom stereocenters. The summed E-state index contributed by atoms with van der Waals surface area (Å²) >= 11 is 0. The third-order valence-corrected chi connectivity index (χ3v) is 3.39. The van der Waals surface area contributed by atoms with Crippen molar-refractivity contribution < 1.29 is 9.53 Å². The van der Waals surface area contributed by atoms with Crippen molar-refractivity contribution in [1.82, 2.24) is 15.1 Å². The Hall–Kier alpha value is -2.56. The second-order valence-electron chi connectivity index (χ2n) is 6.57. The molecule has 0 radical (unpaired) electrons. The van der Waals surface area contributed by atoms with E-state index in [-0.39, 0.29) is 12.1 Å². The summed E-state index contributed by atoms with van der Waals surface area (Å²) in [4.78, 5) is 11.6.